The maximum absolute atomic E-state index is 13.2. The Labute approximate surface area is 154 Å². The quantitative estimate of drug-likeness (QED) is 0.603. The van der Waals surface area contributed by atoms with Crippen molar-refractivity contribution >= 4 is 32.4 Å². The molecule has 0 fully saturated rings. The average molecular weight is 368 g/mol. The molecule has 0 radical (unpaired) electrons. The van der Waals surface area contributed by atoms with Gasteiger partial charge in [0.25, 0.3) is 0 Å². The molecule has 1 unspecified atom stereocenters. The number of Topliss-reactive ketones (excluding diaryl/α,β-unsaturated/α-hetero) is 1. The van der Waals surface area contributed by atoms with Crippen LogP contribution in [0.3, 0.4) is 0 Å². The zero-order valence-electron chi connectivity index (χ0n) is 14.9. The summed E-state index contributed by atoms with van der Waals surface area (Å²) in [5.74, 6) is -0.172. The summed E-state index contributed by atoms with van der Waals surface area (Å²) in [6.45, 7) is 5.89. The van der Waals surface area contributed by atoms with Crippen molar-refractivity contribution in [1.29, 1.82) is 0 Å². The lowest BCUT2D eigenvalue weighted by Gasteiger charge is -2.28. The number of likely N-dealkylation sites (N-methyl/N-ethyl adjacent to an activating group) is 1. The van der Waals surface area contributed by atoms with Gasteiger partial charge in [0.1, 0.15) is 6.04 Å². The van der Waals surface area contributed by atoms with Crippen LogP contribution in [0, 0.1) is 6.92 Å². The zero-order valence-corrected chi connectivity index (χ0v) is 15.7. The Morgan fingerprint density at radius 3 is 2.15 bits per heavy atom. The zero-order chi connectivity index (χ0) is 19.0. The van der Waals surface area contributed by atoms with E-state index in [9.17, 15) is 13.2 Å². The first-order valence-electron chi connectivity index (χ1n) is 8.15. The SMILES string of the molecule is C=C1C(=S(=O)=O)N(c2ccccc2C)c2ccccc2C(=O)C1N(C)C. The van der Waals surface area contributed by atoms with Crippen molar-refractivity contribution in [2.45, 2.75) is 13.0 Å². The third-order valence-electron chi connectivity index (χ3n) is 4.50. The summed E-state index contributed by atoms with van der Waals surface area (Å²) < 4.78 is 24.5. The molecule has 2 aromatic carbocycles. The molecule has 1 aliphatic heterocycles. The van der Waals surface area contributed by atoms with E-state index in [1.54, 1.807) is 48.2 Å². The second kappa shape index (κ2) is 6.90. The minimum atomic E-state index is -2.58. The fourth-order valence-electron chi connectivity index (χ4n) is 3.33. The van der Waals surface area contributed by atoms with Gasteiger partial charge in [-0.2, -0.15) is 8.42 Å². The molecule has 0 bridgehead atoms. The Balaban J connectivity index is 2.44. The number of anilines is 2. The predicted molar refractivity (Wildman–Crippen MR) is 105 cm³/mol. The third kappa shape index (κ3) is 2.87. The molecule has 6 heteroatoms. The summed E-state index contributed by atoms with van der Waals surface area (Å²) in [5, 5.41) is 0. The number of carbonyl (C=O) groups excluding carboxylic acids is 1. The molecule has 1 aliphatic rings. The van der Waals surface area contributed by atoms with Gasteiger partial charge in [0.15, 0.2) is 10.8 Å². The fraction of sp³-hybridized carbons (Fsp3) is 0.200. The fourth-order valence-corrected chi connectivity index (χ4v) is 4.01. The van der Waals surface area contributed by atoms with Crippen LogP contribution in [0.5, 0.6) is 0 Å². The number of rotatable bonds is 2. The van der Waals surface area contributed by atoms with Crippen LogP contribution in [0.2, 0.25) is 0 Å². The molecular weight excluding hydrogens is 348 g/mol. The summed E-state index contributed by atoms with van der Waals surface area (Å²) in [7, 11) is 0.905. The smallest absolute Gasteiger partial charge is 0.239 e. The molecule has 0 aromatic heterocycles. The van der Waals surface area contributed by atoms with E-state index in [0.29, 0.717) is 16.9 Å². The van der Waals surface area contributed by atoms with Crippen molar-refractivity contribution in [3.63, 3.8) is 0 Å². The molecular formula is C20H20N2O3S. The third-order valence-corrected chi connectivity index (χ3v) is 5.26. The molecule has 0 saturated heterocycles. The molecule has 0 aliphatic carbocycles. The van der Waals surface area contributed by atoms with Gasteiger partial charge in [-0.15, -0.1) is 0 Å². The second-order valence-electron chi connectivity index (χ2n) is 6.43. The first-order valence-corrected chi connectivity index (χ1v) is 9.23. The number of carbonyl (C=O) groups is 1. The number of fused-ring (bicyclic) bond motifs is 1. The van der Waals surface area contributed by atoms with Gasteiger partial charge in [0.2, 0.25) is 10.3 Å². The van der Waals surface area contributed by atoms with Gasteiger partial charge in [-0.25, -0.2) is 0 Å². The minimum absolute atomic E-state index is 0.0105. The van der Waals surface area contributed by atoms with Gasteiger partial charge in [0, 0.05) is 11.1 Å². The minimum Gasteiger partial charge on any atom is -0.296 e. The van der Waals surface area contributed by atoms with E-state index in [1.807, 2.05) is 31.2 Å². The summed E-state index contributed by atoms with van der Waals surface area (Å²) >= 11 is 0. The summed E-state index contributed by atoms with van der Waals surface area (Å²) in [5.41, 5.74) is 2.86. The van der Waals surface area contributed by atoms with Gasteiger partial charge in [-0.3, -0.25) is 14.6 Å². The molecule has 0 spiro atoms. The van der Waals surface area contributed by atoms with E-state index in [1.165, 1.54) is 0 Å². The van der Waals surface area contributed by atoms with Crippen LogP contribution < -0.4 is 4.90 Å². The molecule has 1 heterocycles. The van der Waals surface area contributed by atoms with Crippen LogP contribution >= 0.6 is 0 Å². The molecule has 0 N–H and O–H groups in total. The number of hydrogen-bond donors (Lipinski definition) is 0. The lowest BCUT2D eigenvalue weighted by molar-refractivity contribution is 0.0910. The van der Waals surface area contributed by atoms with Crippen molar-refractivity contribution in [3.05, 3.63) is 71.8 Å². The normalized spacial score (nSPS) is 17.3. The van der Waals surface area contributed by atoms with Crippen LogP contribution in [0.25, 0.3) is 0 Å². The van der Waals surface area contributed by atoms with Crippen molar-refractivity contribution in [1.82, 2.24) is 4.90 Å². The van der Waals surface area contributed by atoms with Crippen LogP contribution in [0.15, 0.2) is 60.7 Å². The Kier molecular flexibility index (Phi) is 4.80. The lowest BCUT2D eigenvalue weighted by atomic mass is 9.98. The number of ketones is 1. The highest BCUT2D eigenvalue weighted by atomic mass is 32.2. The van der Waals surface area contributed by atoms with Gasteiger partial charge in [-0.1, -0.05) is 36.9 Å². The van der Waals surface area contributed by atoms with Crippen LogP contribution in [-0.4, -0.2) is 44.2 Å². The van der Waals surface area contributed by atoms with Crippen LogP contribution in [-0.2, 0) is 10.3 Å². The van der Waals surface area contributed by atoms with Crippen molar-refractivity contribution < 1.29 is 13.2 Å². The molecule has 5 nitrogen and oxygen atoms in total. The van der Waals surface area contributed by atoms with Gasteiger partial charge < -0.3 is 0 Å². The molecule has 3 rings (SSSR count). The highest BCUT2D eigenvalue weighted by molar-refractivity contribution is 7.73. The van der Waals surface area contributed by atoms with E-state index in [-0.39, 0.29) is 16.3 Å². The van der Waals surface area contributed by atoms with Crippen molar-refractivity contribution in [2.75, 3.05) is 19.0 Å². The predicted octanol–water partition coefficient (Wildman–Crippen LogP) is 2.82. The maximum atomic E-state index is 13.2. The largest absolute Gasteiger partial charge is 0.296 e. The standard InChI is InChI=1S/C20H20N2O3S/c1-13-9-5-7-11-16(13)22-17-12-8-6-10-15(17)19(23)18(21(3)4)14(2)20(22)26(24)25/h5-12,18H,2H2,1,3-4H3. The number of hydrogen-bond acceptors (Lipinski definition) is 4. The van der Waals surface area contributed by atoms with Gasteiger partial charge in [0.05, 0.1) is 11.4 Å². The highest BCUT2D eigenvalue weighted by Gasteiger charge is 2.38. The van der Waals surface area contributed by atoms with Gasteiger partial charge in [-0.05, 0) is 44.8 Å². The number of nitrogens with zero attached hydrogens (tertiary/aromatic N) is 2. The lowest BCUT2D eigenvalue weighted by Crippen LogP contribution is -2.40. The molecule has 0 saturated carbocycles. The summed E-state index contributed by atoms with van der Waals surface area (Å²) in [4.78, 5) is 16.5. The van der Waals surface area contributed by atoms with E-state index >= 15 is 0 Å². The van der Waals surface area contributed by atoms with Crippen molar-refractivity contribution in [2.24, 2.45) is 0 Å². The molecule has 1 atom stereocenters. The first kappa shape index (κ1) is 18.1. The van der Waals surface area contributed by atoms with E-state index in [0.717, 1.165) is 5.56 Å². The van der Waals surface area contributed by atoms with E-state index in [4.69, 9.17) is 0 Å². The first-order chi connectivity index (χ1) is 12.3. The summed E-state index contributed by atoms with van der Waals surface area (Å²) in [6.07, 6.45) is 0. The second-order valence-corrected chi connectivity index (χ2v) is 7.29. The van der Waals surface area contributed by atoms with E-state index < -0.39 is 16.3 Å². The number of aryl methyl sites for hydroxylation is 1. The Bertz CT molecular complexity index is 1030. The number of para-hydroxylation sites is 2. The Morgan fingerprint density at radius 1 is 1.00 bits per heavy atom. The molecule has 134 valence electrons. The Hall–Kier alpha value is -2.70. The molecule has 0 amide bonds. The van der Waals surface area contributed by atoms with E-state index in [2.05, 4.69) is 6.58 Å². The number of benzene rings is 2. The topological polar surface area (TPSA) is 57.7 Å². The molecule has 2 aromatic rings. The Morgan fingerprint density at radius 2 is 1.58 bits per heavy atom. The molecule has 26 heavy (non-hydrogen) atoms. The van der Waals surface area contributed by atoms with Crippen LogP contribution in [0.1, 0.15) is 15.9 Å². The van der Waals surface area contributed by atoms with Gasteiger partial charge >= 0.3 is 0 Å². The summed E-state index contributed by atoms with van der Waals surface area (Å²) in [6, 6.07) is 13.8. The maximum Gasteiger partial charge on any atom is 0.239 e. The van der Waals surface area contributed by atoms with Crippen LogP contribution in [0.4, 0.5) is 11.4 Å². The monoisotopic (exact) mass is 368 g/mol. The van der Waals surface area contributed by atoms with Crippen molar-refractivity contribution in [3.8, 4) is 0 Å². The highest BCUT2D eigenvalue weighted by Crippen LogP contribution is 2.37. The average Bonchev–Trinajstić information content (AvgIpc) is 2.68.